The number of aromatic nitrogens is 4. The van der Waals surface area contributed by atoms with Crippen molar-refractivity contribution in [2.24, 2.45) is 5.92 Å². The molecule has 1 fully saturated rings. The fraction of sp³-hybridized carbons (Fsp3) is 0.333. The van der Waals surface area contributed by atoms with Crippen molar-refractivity contribution < 1.29 is 4.79 Å². The van der Waals surface area contributed by atoms with Crippen LogP contribution < -0.4 is 5.32 Å². The Morgan fingerprint density at radius 2 is 1.86 bits per heavy atom. The summed E-state index contributed by atoms with van der Waals surface area (Å²) in [6.07, 6.45) is 5.18. The lowest BCUT2D eigenvalue weighted by Crippen LogP contribution is -2.40. The van der Waals surface area contributed by atoms with Gasteiger partial charge < -0.3 is 5.32 Å². The van der Waals surface area contributed by atoms with Gasteiger partial charge in [-0.05, 0) is 43.6 Å². The normalized spacial score (nSPS) is 15.4. The maximum atomic E-state index is 12.5. The Morgan fingerprint density at radius 1 is 1.11 bits per heavy atom. The number of nitrogens with zero attached hydrogens (tertiary/aromatic N) is 4. The molecular formula is C21H24N6O. The van der Waals surface area contributed by atoms with E-state index in [-0.39, 0.29) is 11.8 Å². The smallest absolute Gasteiger partial charge is 0.223 e. The molecule has 3 aromatic rings. The molecular weight excluding hydrogens is 352 g/mol. The van der Waals surface area contributed by atoms with Gasteiger partial charge in [0.05, 0.1) is 6.54 Å². The molecule has 7 nitrogen and oxygen atoms in total. The van der Waals surface area contributed by atoms with Crippen molar-refractivity contribution in [3.8, 4) is 11.4 Å². The van der Waals surface area contributed by atoms with E-state index in [1.54, 1.807) is 12.4 Å². The summed E-state index contributed by atoms with van der Waals surface area (Å²) in [6, 6.07) is 14.2. The van der Waals surface area contributed by atoms with Crippen molar-refractivity contribution in [2.45, 2.75) is 25.9 Å². The molecule has 0 bridgehead atoms. The van der Waals surface area contributed by atoms with Gasteiger partial charge in [-0.15, -0.1) is 0 Å². The van der Waals surface area contributed by atoms with Crippen molar-refractivity contribution in [2.75, 3.05) is 13.1 Å². The number of hydrogen-bond donors (Lipinski definition) is 2. The zero-order valence-electron chi connectivity index (χ0n) is 15.7. The minimum absolute atomic E-state index is 0.0645. The molecule has 7 heteroatoms. The number of H-pyrrole nitrogens is 1. The number of rotatable bonds is 6. The molecule has 4 rings (SSSR count). The summed E-state index contributed by atoms with van der Waals surface area (Å²) in [6.45, 7) is 3.20. The zero-order chi connectivity index (χ0) is 19.2. The Balaban J connectivity index is 1.23. The number of carbonyl (C=O) groups excluding carboxylic acids is 1. The zero-order valence-corrected chi connectivity index (χ0v) is 15.7. The topological polar surface area (TPSA) is 86.8 Å². The molecule has 0 aliphatic carbocycles. The van der Waals surface area contributed by atoms with Crippen LogP contribution in [0.3, 0.4) is 0 Å². The highest BCUT2D eigenvalue weighted by Gasteiger charge is 2.25. The van der Waals surface area contributed by atoms with Gasteiger partial charge in [-0.3, -0.25) is 19.8 Å². The number of aromatic amines is 1. The molecule has 3 heterocycles. The predicted molar refractivity (Wildman–Crippen MR) is 106 cm³/mol. The molecule has 0 atom stereocenters. The molecule has 1 aliphatic heterocycles. The van der Waals surface area contributed by atoms with Gasteiger partial charge in [0.15, 0.2) is 5.82 Å². The van der Waals surface area contributed by atoms with Gasteiger partial charge in [-0.2, -0.15) is 5.10 Å². The molecule has 0 unspecified atom stereocenters. The third kappa shape index (κ3) is 4.61. The Morgan fingerprint density at radius 3 is 2.61 bits per heavy atom. The standard InChI is InChI=1S/C21H24N6O/c28-21(18-8-12-27(13-9-18)15-16-4-2-1-3-5-16)23-14-19-24-20(26-25-19)17-6-10-22-11-7-17/h1-7,10-11,18H,8-9,12-15H2,(H,23,28)(H,24,25,26). The molecule has 0 saturated carbocycles. The largest absolute Gasteiger partial charge is 0.349 e. The molecule has 0 radical (unpaired) electrons. The SMILES string of the molecule is O=C(NCc1nc(-c2ccncc2)n[nH]1)C1CCN(Cc2ccccc2)CC1. The van der Waals surface area contributed by atoms with Crippen LogP contribution in [0, 0.1) is 5.92 Å². The lowest BCUT2D eigenvalue weighted by Gasteiger charge is -2.31. The van der Waals surface area contributed by atoms with Crippen LogP contribution in [0.4, 0.5) is 0 Å². The van der Waals surface area contributed by atoms with Crippen molar-refractivity contribution in [1.29, 1.82) is 0 Å². The fourth-order valence-corrected chi connectivity index (χ4v) is 3.51. The molecule has 1 aliphatic rings. The van der Waals surface area contributed by atoms with E-state index in [4.69, 9.17) is 0 Å². The molecule has 144 valence electrons. The first-order valence-corrected chi connectivity index (χ1v) is 9.63. The van der Waals surface area contributed by atoms with Gasteiger partial charge in [-0.25, -0.2) is 4.98 Å². The summed E-state index contributed by atoms with van der Waals surface area (Å²) in [5.74, 6) is 1.43. The predicted octanol–water partition coefficient (Wildman–Crippen LogP) is 2.40. The van der Waals surface area contributed by atoms with E-state index < -0.39 is 0 Å². The first-order valence-electron chi connectivity index (χ1n) is 9.63. The minimum atomic E-state index is 0.0645. The van der Waals surface area contributed by atoms with Crippen molar-refractivity contribution >= 4 is 5.91 Å². The first-order chi connectivity index (χ1) is 13.8. The van der Waals surface area contributed by atoms with E-state index in [9.17, 15) is 4.79 Å². The van der Waals surface area contributed by atoms with Crippen LogP contribution in [0.1, 0.15) is 24.2 Å². The number of piperidine rings is 1. The van der Waals surface area contributed by atoms with E-state index in [1.165, 1.54) is 5.56 Å². The molecule has 2 aromatic heterocycles. The lowest BCUT2D eigenvalue weighted by atomic mass is 9.95. The van der Waals surface area contributed by atoms with Crippen LogP contribution in [0.25, 0.3) is 11.4 Å². The second-order valence-corrected chi connectivity index (χ2v) is 7.10. The van der Waals surface area contributed by atoms with Gasteiger partial charge >= 0.3 is 0 Å². The van der Waals surface area contributed by atoms with E-state index >= 15 is 0 Å². The first kappa shape index (κ1) is 18.3. The van der Waals surface area contributed by atoms with E-state index in [0.717, 1.165) is 38.0 Å². The molecule has 0 spiro atoms. The number of benzene rings is 1. The fourth-order valence-electron chi connectivity index (χ4n) is 3.51. The third-order valence-electron chi connectivity index (χ3n) is 5.11. The minimum Gasteiger partial charge on any atom is -0.349 e. The Kier molecular flexibility index (Phi) is 5.72. The molecule has 1 saturated heterocycles. The van der Waals surface area contributed by atoms with Gasteiger partial charge in [0.25, 0.3) is 0 Å². The Hall–Kier alpha value is -3.06. The summed E-state index contributed by atoms with van der Waals surface area (Å²) in [7, 11) is 0. The average Bonchev–Trinajstić information content (AvgIpc) is 3.23. The van der Waals surface area contributed by atoms with Crippen LogP contribution in [0.15, 0.2) is 54.9 Å². The Bertz CT molecular complexity index is 888. The van der Waals surface area contributed by atoms with Crippen LogP contribution >= 0.6 is 0 Å². The van der Waals surface area contributed by atoms with Crippen LogP contribution in [0.5, 0.6) is 0 Å². The van der Waals surface area contributed by atoms with Crippen LogP contribution in [0.2, 0.25) is 0 Å². The summed E-state index contributed by atoms with van der Waals surface area (Å²) in [4.78, 5) is 23.4. The van der Waals surface area contributed by atoms with Gasteiger partial charge in [-0.1, -0.05) is 30.3 Å². The highest BCUT2D eigenvalue weighted by atomic mass is 16.1. The van der Waals surface area contributed by atoms with E-state index in [1.807, 2.05) is 18.2 Å². The summed E-state index contributed by atoms with van der Waals surface area (Å²) in [5, 5.41) is 10.1. The Labute approximate surface area is 164 Å². The third-order valence-corrected chi connectivity index (χ3v) is 5.11. The molecule has 2 N–H and O–H groups in total. The highest BCUT2D eigenvalue weighted by Crippen LogP contribution is 2.19. The monoisotopic (exact) mass is 376 g/mol. The lowest BCUT2D eigenvalue weighted by molar-refractivity contribution is -0.126. The van der Waals surface area contributed by atoms with Gasteiger partial charge in [0, 0.05) is 30.4 Å². The van der Waals surface area contributed by atoms with Crippen molar-refractivity contribution in [3.63, 3.8) is 0 Å². The number of carbonyl (C=O) groups is 1. The quantitative estimate of drug-likeness (QED) is 0.690. The van der Waals surface area contributed by atoms with Crippen molar-refractivity contribution in [3.05, 3.63) is 66.2 Å². The van der Waals surface area contributed by atoms with E-state index in [2.05, 4.69) is 54.6 Å². The molecule has 1 aromatic carbocycles. The van der Waals surface area contributed by atoms with Crippen LogP contribution in [-0.4, -0.2) is 44.1 Å². The summed E-state index contributed by atoms with van der Waals surface area (Å²) < 4.78 is 0. The number of likely N-dealkylation sites (tertiary alicyclic amines) is 1. The van der Waals surface area contributed by atoms with Gasteiger partial charge in [0.1, 0.15) is 5.82 Å². The number of hydrogen-bond acceptors (Lipinski definition) is 5. The second kappa shape index (κ2) is 8.75. The summed E-state index contributed by atoms with van der Waals surface area (Å²) >= 11 is 0. The highest BCUT2D eigenvalue weighted by molar-refractivity contribution is 5.78. The number of amides is 1. The van der Waals surface area contributed by atoms with Gasteiger partial charge in [0.2, 0.25) is 5.91 Å². The van der Waals surface area contributed by atoms with E-state index in [0.29, 0.717) is 18.2 Å². The second-order valence-electron chi connectivity index (χ2n) is 7.10. The maximum Gasteiger partial charge on any atom is 0.223 e. The summed E-state index contributed by atoms with van der Waals surface area (Å²) in [5.41, 5.74) is 2.22. The molecule has 28 heavy (non-hydrogen) atoms. The maximum absolute atomic E-state index is 12.5. The molecule has 1 amide bonds. The average molecular weight is 376 g/mol. The number of nitrogens with one attached hydrogen (secondary N) is 2. The van der Waals surface area contributed by atoms with Crippen molar-refractivity contribution in [1.82, 2.24) is 30.4 Å². The van der Waals surface area contributed by atoms with Crippen LogP contribution in [-0.2, 0) is 17.9 Å². The number of pyridine rings is 1.